The van der Waals surface area contributed by atoms with Crippen LogP contribution in [0.15, 0.2) is 29.6 Å². The molecule has 138 valence electrons. The second-order valence-electron chi connectivity index (χ2n) is 6.76. The molecule has 3 heterocycles. The Morgan fingerprint density at radius 1 is 1.23 bits per heavy atom. The molecule has 1 saturated carbocycles. The molecular formula is C18H25N6OS+. The minimum atomic E-state index is 0.185. The average Bonchev–Trinajstić information content (AvgIpc) is 3.46. The van der Waals surface area contributed by atoms with Crippen molar-refractivity contribution in [1.29, 1.82) is 0 Å². The van der Waals surface area contributed by atoms with E-state index in [1.165, 1.54) is 24.6 Å². The zero-order valence-electron chi connectivity index (χ0n) is 15.1. The van der Waals surface area contributed by atoms with Crippen LogP contribution < -0.4 is 9.88 Å². The molecule has 1 saturated heterocycles. The van der Waals surface area contributed by atoms with Gasteiger partial charge in [-0.1, -0.05) is 17.8 Å². The van der Waals surface area contributed by atoms with Gasteiger partial charge in [0.2, 0.25) is 5.91 Å². The van der Waals surface area contributed by atoms with E-state index < -0.39 is 0 Å². The summed E-state index contributed by atoms with van der Waals surface area (Å²) in [4.78, 5) is 20.1. The summed E-state index contributed by atoms with van der Waals surface area (Å²) in [5.74, 6) is 3.40. The molecule has 0 radical (unpaired) electrons. The van der Waals surface area contributed by atoms with E-state index in [1.54, 1.807) is 0 Å². The lowest BCUT2D eigenvalue weighted by molar-refractivity contribution is -0.364. The van der Waals surface area contributed by atoms with E-state index >= 15 is 0 Å². The molecule has 0 unspecified atom stereocenters. The number of pyridine rings is 1. The largest absolute Gasteiger partial charge is 0.334 e. The fraction of sp³-hybridized carbons (Fsp3) is 0.556. The zero-order valence-corrected chi connectivity index (χ0v) is 15.9. The van der Waals surface area contributed by atoms with E-state index in [4.69, 9.17) is 0 Å². The third-order valence-electron chi connectivity index (χ3n) is 4.99. The number of carbonyl (C=O) groups excluding carboxylic acids is 1. The molecule has 26 heavy (non-hydrogen) atoms. The van der Waals surface area contributed by atoms with Gasteiger partial charge in [-0.05, 0) is 25.8 Å². The number of aromatic amines is 1. The van der Waals surface area contributed by atoms with Gasteiger partial charge in [-0.25, -0.2) is 4.98 Å². The van der Waals surface area contributed by atoms with Gasteiger partial charge in [-0.2, -0.15) is 0 Å². The Balaban J connectivity index is 1.29. The predicted octanol–water partition coefficient (Wildman–Crippen LogP) is 1.43. The summed E-state index contributed by atoms with van der Waals surface area (Å²) in [6.45, 7) is 6.20. The number of anilines is 1. The van der Waals surface area contributed by atoms with Crippen molar-refractivity contribution in [3.63, 3.8) is 0 Å². The summed E-state index contributed by atoms with van der Waals surface area (Å²) >= 11 is 1.51. The fourth-order valence-corrected chi connectivity index (χ4v) is 4.25. The Kier molecular flexibility index (Phi) is 5.10. The van der Waals surface area contributed by atoms with Gasteiger partial charge in [0.05, 0.1) is 25.0 Å². The number of rotatable bonds is 6. The molecule has 2 aromatic heterocycles. The van der Waals surface area contributed by atoms with Gasteiger partial charge in [-0.15, -0.1) is 10.2 Å². The SMILES string of the molecule is CCn1c(SCC(=O)N2CCN(c3cccc[nH+]3)CC2)nnc1C1CC1. The summed E-state index contributed by atoms with van der Waals surface area (Å²) in [6, 6.07) is 6.08. The van der Waals surface area contributed by atoms with E-state index in [0.717, 1.165) is 49.5 Å². The van der Waals surface area contributed by atoms with Crippen LogP contribution in [0, 0.1) is 0 Å². The topological polar surface area (TPSA) is 68.4 Å². The van der Waals surface area contributed by atoms with Crippen molar-refractivity contribution in [2.45, 2.75) is 37.4 Å². The van der Waals surface area contributed by atoms with E-state index in [9.17, 15) is 4.79 Å². The van der Waals surface area contributed by atoms with Crippen LogP contribution in [0.2, 0.25) is 0 Å². The Bertz CT molecular complexity index is 752. The maximum absolute atomic E-state index is 12.6. The van der Waals surface area contributed by atoms with E-state index in [2.05, 4.69) is 37.6 Å². The van der Waals surface area contributed by atoms with E-state index in [-0.39, 0.29) is 5.91 Å². The highest BCUT2D eigenvalue weighted by molar-refractivity contribution is 7.99. The lowest BCUT2D eigenvalue weighted by Crippen LogP contribution is -2.50. The molecule has 1 aliphatic carbocycles. The van der Waals surface area contributed by atoms with Crippen molar-refractivity contribution in [2.75, 3.05) is 36.8 Å². The Hall–Kier alpha value is -2.09. The fourth-order valence-electron chi connectivity index (χ4n) is 3.34. The van der Waals surface area contributed by atoms with Crippen LogP contribution in [-0.4, -0.2) is 57.5 Å². The molecule has 2 fully saturated rings. The summed E-state index contributed by atoms with van der Waals surface area (Å²) in [6.07, 6.45) is 4.36. The van der Waals surface area contributed by atoms with Gasteiger partial charge in [0.25, 0.3) is 5.82 Å². The van der Waals surface area contributed by atoms with Crippen molar-refractivity contribution in [2.24, 2.45) is 0 Å². The molecule has 0 aromatic carbocycles. The first-order chi connectivity index (χ1) is 12.8. The van der Waals surface area contributed by atoms with Crippen LogP contribution in [-0.2, 0) is 11.3 Å². The maximum Gasteiger partial charge on any atom is 0.274 e. The van der Waals surface area contributed by atoms with Crippen molar-refractivity contribution in [3.05, 3.63) is 30.2 Å². The van der Waals surface area contributed by atoms with Crippen molar-refractivity contribution < 1.29 is 9.78 Å². The van der Waals surface area contributed by atoms with Crippen molar-refractivity contribution in [3.8, 4) is 0 Å². The lowest BCUT2D eigenvalue weighted by Gasteiger charge is -2.30. The normalized spacial score (nSPS) is 17.6. The monoisotopic (exact) mass is 373 g/mol. The summed E-state index contributed by atoms with van der Waals surface area (Å²) in [5.41, 5.74) is 0. The molecule has 0 bridgehead atoms. The highest BCUT2D eigenvalue weighted by atomic mass is 32.2. The molecule has 7 nitrogen and oxygen atoms in total. The van der Waals surface area contributed by atoms with Crippen molar-refractivity contribution >= 4 is 23.5 Å². The molecule has 0 spiro atoms. The molecule has 2 aliphatic rings. The number of H-pyrrole nitrogens is 1. The van der Waals surface area contributed by atoms with Gasteiger partial charge in [-0.3, -0.25) is 9.69 Å². The van der Waals surface area contributed by atoms with Gasteiger partial charge in [0, 0.05) is 18.5 Å². The average molecular weight is 374 g/mol. The van der Waals surface area contributed by atoms with Crippen LogP contribution in [0.4, 0.5) is 5.82 Å². The highest BCUT2D eigenvalue weighted by Crippen LogP contribution is 2.39. The Morgan fingerprint density at radius 3 is 2.69 bits per heavy atom. The number of piperazine rings is 1. The van der Waals surface area contributed by atoms with Crippen LogP contribution in [0.1, 0.15) is 31.5 Å². The standard InChI is InChI=1S/C18H24N6OS/c1-2-24-17(14-6-7-14)20-21-18(24)26-13-16(25)23-11-9-22(10-12-23)15-5-3-4-8-19-15/h3-5,8,14H,2,6-7,9-13H2,1H3/p+1. The maximum atomic E-state index is 12.6. The third kappa shape index (κ3) is 3.70. The van der Waals surface area contributed by atoms with Crippen molar-refractivity contribution in [1.82, 2.24) is 19.7 Å². The minimum Gasteiger partial charge on any atom is -0.334 e. The van der Waals surface area contributed by atoms with E-state index in [0.29, 0.717) is 11.7 Å². The molecule has 4 rings (SSSR count). The second-order valence-corrected chi connectivity index (χ2v) is 7.71. The van der Waals surface area contributed by atoms with Gasteiger partial charge in [0.15, 0.2) is 5.16 Å². The van der Waals surface area contributed by atoms with Gasteiger partial charge >= 0.3 is 0 Å². The van der Waals surface area contributed by atoms with Crippen LogP contribution in [0.5, 0.6) is 0 Å². The molecule has 0 atom stereocenters. The lowest BCUT2D eigenvalue weighted by atomic mass is 10.3. The van der Waals surface area contributed by atoms with Crippen LogP contribution >= 0.6 is 11.8 Å². The van der Waals surface area contributed by atoms with Crippen LogP contribution in [0.25, 0.3) is 0 Å². The zero-order chi connectivity index (χ0) is 17.9. The van der Waals surface area contributed by atoms with Crippen LogP contribution in [0.3, 0.4) is 0 Å². The smallest absolute Gasteiger partial charge is 0.274 e. The number of hydrogen-bond acceptors (Lipinski definition) is 5. The number of nitrogens with zero attached hydrogens (tertiary/aromatic N) is 5. The first kappa shape index (κ1) is 17.3. The molecule has 1 amide bonds. The molecule has 1 aliphatic heterocycles. The first-order valence-corrected chi connectivity index (χ1v) is 10.3. The third-order valence-corrected chi connectivity index (χ3v) is 5.95. The second kappa shape index (κ2) is 7.65. The first-order valence-electron chi connectivity index (χ1n) is 9.31. The predicted molar refractivity (Wildman–Crippen MR) is 100 cm³/mol. The summed E-state index contributed by atoms with van der Waals surface area (Å²) < 4.78 is 2.17. The van der Waals surface area contributed by atoms with Gasteiger partial charge in [0.1, 0.15) is 18.9 Å². The molecule has 2 aromatic rings. The highest BCUT2D eigenvalue weighted by Gasteiger charge is 2.30. The summed E-state index contributed by atoms with van der Waals surface area (Å²) in [7, 11) is 0. The number of nitrogens with one attached hydrogen (secondary N) is 1. The summed E-state index contributed by atoms with van der Waals surface area (Å²) in [5, 5.41) is 9.53. The Morgan fingerprint density at radius 2 is 2.04 bits per heavy atom. The van der Waals surface area contributed by atoms with Gasteiger partial charge < -0.3 is 9.47 Å². The molecule has 1 N–H and O–H groups in total. The number of thioether (sulfide) groups is 1. The quantitative estimate of drug-likeness (QED) is 0.717. The van der Waals surface area contributed by atoms with E-state index in [1.807, 2.05) is 23.2 Å². The Labute approximate surface area is 157 Å². The number of aromatic nitrogens is 4. The number of hydrogen-bond donors (Lipinski definition) is 0. The number of amides is 1. The minimum absolute atomic E-state index is 0.185. The molecular weight excluding hydrogens is 348 g/mol. The molecule has 8 heteroatoms. The number of carbonyl (C=O) groups is 1.